The fourth-order valence-electron chi connectivity index (χ4n) is 2.92. The predicted octanol–water partition coefficient (Wildman–Crippen LogP) is 3.78. The van der Waals surface area contributed by atoms with Gasteiger partial charge in [0.15, 0.2) is 0 Å². The van der Waals surface area contributed by atoms with Gasteiger partial charge in [0.25, 0.3) is 5.91 Å². The number of aryl methyl sites for hydroxylation is 1. The van der Waals surface area contributed by atoms with Crippen LogP contribution in [-0.4, -0.2) is 16.1 Å². The predicted molar refractivity (Wildman–Crippen MR) is 92.1 cm³/mol. The molecule has 120 valence electrons. The lowest BCUT2D eigenvalue weighted by atomic mass is 10.0. The van der Waals surface area contributed by atoms with E-state index in [4.69, 9.17) is 4.74 Å². The normalized spacial score (nSPS) is 12.0. The molecular weight excluding hydrogens is 302 g/mol. The fraction of sp³-hybridized carbons (Fsp3) is 0.158. The van der Waals surface area contributed by atoms with Crippen molar-refractivity contribution >= 4 is 11.6 Å². The molecule has 0 aliphatic carbocycles. The van der Waals surface area contributed by atoms with Gasteiger partial charge in [-0.1, -0.05) is 31.2 Å². The second-order valence-electron chi connectivity index (χ2n) is 5.72. The van der Waals surface area contributed by atoms with E-state index in [1.807, 2.05) is 48.5 Å². The van der Waals surface area contributed by atoms with E-state index in [1.165, 1.54) is 5.56 Å². The van der Waals surface area contributed by atoms with Gasteiger partial charge in [0.1, 0.15) is 23.7 Å². The Hall–Kier alpha value is -3.08. The van der Waals surface area contributed by atoms with Crippen molar-refractivity contribution in [3.63, 3.8) is 0 Å². The molecule has 1 aliphatic rings. The number of ether oxygens (including phenoxy) is 1. The molecule has 5 heteroatoms. The highest BCUT2D eigenvalue weighted by Crippen LogP contribution is 2.37. The van der Waals surface area contributed by atoms with Crippen LogP contribution in [0.2, 0.25) is 0 Å². The number of hydrogen-bond acceptors (Lipinski definition) is 3. The van der Waals surface area contributed by atoms with Crippen molar-refractivity contribution in [2.24, 2.45) is 0 Å². The van der Waals surface area contributed by atoms with E-state index in [0.717, 1.165) is 34.7 Å². The first-order chi connectivity index (χ1) is 11.8. The summed E-state index contributed by atoms with van der Waals surface area (Å²) in [5, 5.41) is 10.1. The summed E-state index contributed by atoms with van der Waals surface area (Å²) in [6.07, 6.45) is 0.924. The molecule has 1 aromatic heterocycles. The van der Waals surface area contributed by atoms with E-state index < -0.39 is 0 Å². The minimum atomic E-state index is -0.208. The van der Waals surface area contributed by atoms with E-state index >= 15 is 0 Å². The average Bonchev–Trinajstić information content (AvgIpc) is 3.06. The van der Waals surface area contributed by atoms with Crippen molar-refractivity contribution in [3.8, 4) is 17.0 Å². The molecule has 1 aliphatic heterocycles. The van der Waals surface area contributed by atoms with Gasteiger partial charge < -0.3 is 10.1 Å². The van der Waals surface area contributed by atoms with Gasteiger partial charge in [-0.05, 0) is 36.2 Å². The van der Waals surface area contributed by atoms with Gasteiger partial charge in [0.2, 0.25) is 0 Å². The number of carbonyl (C=O) groups is 1. The second-order valence-corrected chi connectivity index (χ2v) is 5.72. The zero-order valence-corrected chi connectivity index (χ0v) is 13.3. The van der Waals surface area contributed by atoms with Crippen LogP contribution in [0, 0.1) is 0 Å². The molecular formula is C19H17N3O2. The van der Waals surface area contributed by atoms with Crippen LogP contribution in [0.1, 0.15) is 28.5 Å². The number of fused-ring (bicyclic) bond motifs is 3. The lowest BCUT2D eigenvalue weighted by molar-refractivity contribution is 0.102. The molecule has 0 spiro atoms. The fourth-order valence-corrected chi connectivity index (χ4v) is 2.92. The molecule has 0 fully saturated rings. The maximum Gasteiger partial charge on any atom is 0.274 e. The molecule has 2 heterocycles. The number of hydrogen-bond donors (Lipinski definition) is 2. The molecule has 0 saturated heterocycles. The lowest BCUT2D eigenvalue weighted by Gasteiger charge is -2.17. The highest BCUT2D eigenvalue weighted by Gasteiger charge is 2.26. The quantitative estimate of drug-likeness (QED) is 0.772. The molecule has 3 aromatic rings. The third kappa shape index (κ3) is 2.44. The van der Waals surface area contributed by atoms with Crippen LogP contribution < -0.4 is 10.1 Å². The maximum absolute atomic E-state index is 12.6. The largest absolute Gasteiger partial charge is 0.488 e. The standard InChI is InChI=1S/C19H17N3O2/c1-2-12-6-5-7-13(10-12)20-19(23)18-15-11-24-16-9-4-3-8-14(16)17(15)21-22-18/h3-10H,2,11H2,1H3,(H,20,23)(H,21,22). The number of benzene rings is 2. The molecule has 5 nitrogen and oxygen atoms in total. The summed E-state index contributed by atoms with van der Waals surface area (Å²) < 4.78 is 5.75. The number of rotatable bonds is 3. The highest BCUT2D eigenvalue weighted by molar-refractivity contribution is 6.05. The van der Waals surface area contributed by atoms with E-state index in [2.05, 4.69) is 22.4 Å². The Labute approximate surface area is 139 Å². The summed E-state index contributed by atoms with van der Waals surface area (Å²) in [5.41, 5.74) is 4.88. The summed E-state index contributed by atoms with van der Waals surface area (Å²) in [6.45, 7) is 2.42. The summed E-state index contributed by atoms with van der Waals surface area (Å²) in [6, 6.07) is 15.5. The number of H-pyrrole nitrogens is 1. The minimum Gasteiger partial charge on any atom is -0.488 e. The Morgan fingerprint density at radius 3 is 3.00 bits per heavy atom. The summed E-state index contributed by atoms with van der Waals surface area (Å²) in [5.74, 6) is 0.582. The average molecular weight is 319 g/mol. The van der Waals surface area contributed by atoms with E-state index in [-0.39, 0.29) is 5.91 Å². The van der Waals surface area contributed by atoms with Crippen LogP contribution in [0.25, 0.3) is 11.3 Å². The second kappa shape index (κ2) is 5.85. The first-order valence-electron chi connectivity index (χ1n) is 7.96. The molecule has 0 unspecified atom stereocenters. The third-order valence-electron chi connectivity index (χ3n) is 4.20. The zero-order chi connectivity index (χ0) is 16.5. The Morgan fingerprint density at radius 1 is 1.25 bits per heavy atom. The Balaban J connectivity index is 1.64. The Kier molecular flexibility index (Phi) is 3.54. The monoisotopic (exact) mass is 319 g/mol. The van der Waals surface area contributed by atoms with Crippen molar-refractivity contribution in [1.82, 2.24) is 10.2 Å². The Bertz CT molecular complexity index is 914. The number of amides is 1. The highest BCUT2D eigenvalue weighted by atomic mass is 16.5. The number of nitrogens with zero attached hydrogens (tertiary/aromatic N) is 1. The third-order valence-corrected chi connectivity index (χ3v) is 4.20. The molecule has 2 aromatic carbocycles. The van der Waals surface area contributed by atoms with Gasteiger partial charge in [-0.3, -0.25) is 9.89 Å². The van der Waals surface area contributed by atoms with Crippen molar-refractivity contribution in [2.75, 3.05) is 5.32 Å². The summed E-state index contributed by atoms with van der Waals surface area (Å²) >= 11 is 0. The van der Waals surface area contributed by atoms with E-state index in [0.29, 0.717) is 12.3 Å². The van der Waals surface area contributed by atoms with Gasteiger partial charge in [0, 0.05) is 16.8 Å². The number of carbonyl (C=O) groups excluding carboxylic acids is 1. The Morgan fingerprint density at radius 2 is 2.12 bits per heavy atom. The van der Waals surface area contributed by atoms with Crippen molar-refractivity contribution in [1.29, 1.82) is 0 Å². The summed E-state index contributed by atoms with van der Waals surface area (Å²) in [7, 11) is 0. The van der Waals surface area contributed by atoms with Gasteiger partial charge in [-0.2, -0.15) is 5.10 Å². The van der Waals surface area contributed by atoms with Gasteiger partial charge >= 0.3 is 0 Å². The first kappa shape index (κ1) is 14.5. The van der Waals surface area contributed by atoms with Crippen molar-refractivity contribution < 1.29 is 9.53 Å². The molecule has 2 N–H and O–H groups in total. The first-order valence-corrected chi connectivity index (χ1v) is 7.96. The number of aromatic nitrogens is 2. The topological polar surface area (TPSA) is 67.0 Å². The van der Waals surface area contributed by atoms with Crippen LogP contribution in [0.15, 0.2) is 48.5 Å². The van der Waals surface area contributed by atoms with Gasteiger partial charge in [-0.25, -0.2) is 0 Å². The van der Waals surface area contributed by atoms with Gasteiger partial charge in [0.05, 0.1) is 0 Å². The minimum absolute atomic E-state index is 0.208. The molecule has 24 heavy (non-hydrogen) atoms. The maximum atomic E-state index is 12.6. The summed E-state index contributed by atoms with van der Waals surface area (Å²) in [4.78, 5) is 12.6. The van der Waals surface area contributed by atoms with E-state index in [1.54, 1.807) is 0 Å². The number of nitrogens with one attached hydrogen (secondary N) is 2. The molecule has 0 saturated carbocycles. The molecule has 0 atom stereocenters. The number of aromatic amines is 1. The van der Waals surface area contributed by atoms with Crippen LogP contribution in [0.5, 0.6) is 5.75 Å². The number of anilines is 1. The van der Waals surface area contributed by atoms with Gasteiger partial charge in [-0.15, -0.1) is 0 Å². The van der Waals surface area contributed by atoms with Crippen LogP contribution >= 0.6 is 0 Å². The lowest BCUT2D eigenvalue weighted by Crippen LogP contribution is -2.16. The molecule has 4 rings (SSSR count). The van der Waals surface area contributed by atoms with E-state index in [9.17, 15) is 4.79 Å². The van der Waals surface area contributed by atoms with Crippen LogP contribution in [0.4, 0.5) is 5.69 Å². The van der Waals surface area contributed by atoms with Crippen LogP contribution in [0.3, 0.4) is 0 Å². The SMILES string of the molecule is CCc1cccc(NC(=O)c2[nH]nc3c2COc2ccccc2-3)c1. The van der Waals surface area contributed by atoms with Crippen molar-refractivity contribution in [2.45, 2.75) is 20.0 Å². The van der Waals surface area contributed by atoms with Crippen LogP contribution in [-0.2, 0) is 13.0 Å². The van der Waals surface area contributed by atoms with Crippen molar-refractivity contribution in [3.05, 3.63) is 65.4 Å². The number of para-hydroxylation sites is 1. The zero-order valence-electron chi connectivity index (χ0n) is 13.3. The molecule has 0 bridgehead atoms. The molecule has 1 amide bonds. The smallest absolute Gasteiger partial charge is 0.274 e. The molecule has 0 radical (unpaired) electrons.